The van der Waals surface area contributed by atoms with Crippen molar-refractivity contribution in [1.82, 2.24) is 24.5 Å². The van der Waals surface area contributed by atoms with Crippen molar-refractivity contribution in [2.45, 2.75) is 13.0 Å². The second kappa shape index (κ2) is 5.66. The number of aromatic nitrogens is 5. The molecule has 2 heterocycles. The highest BCUT2D eigenvalue weighted by Crippen LogP contribution is 2.10. The van der Waals surface area contributed by atoms with Gasteiger partial charge in [-0.3, -0.25) is 0 Å². The Bertz CT molecular complexity index is 653. The van der Waals surface area contributed by atoms with Crippen molar-refractivity contribution in [3.05, 3.63) is 60.4 Å². The largest absolute Gasteiger partial charge is 0.330 e. The molecule has 0 saturated heterocycles. The molecule has 0 bridgehead atoms. The molecule has 2 aromatic heterocycles. The van der Waals surface area contributed by atoms with Crippen LogP contribution in [-0.4, -0.2) is 31.1 Å². The van der Waals surface area contributed by atoms with E-state index in [9.17, 15) is 0 Å². The number of imidazole rings is 1. The van der Waals surface area contributed by atoms with Crippen molar-refractivity contribution in [3.63, 3.8) is 0 Å². The lowest BCUT2D eigenvalue weighted by molar-refractivity contribution is 0.649. The lowest BCUT2D eigenvalue weighted by Gasteiger charge is -2.04. The molecule has 0 unspecified atom stereocenters. The van der Waals surface area contributed by atoms with Gasteiger partial charge in [0.2, 0.25) is 0 Å². The fourth-order valence-electron chi connectivity index (χ4n) is 2.05. The summed E-state index contributed by atoms with van der Waals surface area (Å²) in [6.07, 6.45) is 8.18. The van der Waals surface area contributed by atoms with Crippen LogP contribution in [0, 0.1) is 0 Å². The number of nitrogens with two attached hydrogens (primary N) is 1. The van der Waals surface area contributed by atoms with Crippen molar-refractivity contribution in [3.8, 4) is 5.69 Å². The maximum absolute atomic E-state index is 5.50. The molecule has 0 saturated carbocycles. The van der Waals surface area contributed by atoms with Gasteiger partial charge in [-0.15, -0.1) is 5.10 Å². The first-order chi connectivity index (χ1) is 9.85. The molecule has 102 valence electrons. The summed E-state index contributed by atoms with van der Waals surface area (Å²) in [5.74, 6) is 0. The van der Waals surface area contributed by atoms with Gasteiger partial charge in [-0.1, -0.05) is 17.3 Å². The average molecular weight is 268 g/mol. The zero-order chi connectivity index (χ0) is 13.8. The summed E-state index contributed by atoms with van der Waals surface area (Å²) < 4.78 is 3.80. The van der Waals surface area contributed by atoms with Crippen molar-refractivity contribution in [1.29, 1.82) is 0 Å². The van der Waals surface area contributed by atoms with E-state index >= 15 is 0 Å². The summed E-state index contributed by atoms with van der Waals surface area (Å²) in [6.45, 7) is 1.31. The van der Waals surface area contributed by atoms with E-state index < -0.39 is 0 Å². The summed E-state index contributed by atoms with van der Waals surface area (Å²) in [4.78, 5) is 4.04. The summed E-state index contributed by atoms with van der Waals surface area (Å²) in [5.41, 5.74) is 8.70. The molecule has 2 N–H and O–H groups in total. The first kappa shape index (κ1) is 12.6. The number of rotatable bonds is 5. The molecular formula is C14H16N6. The van der Waals surface area contributed by atoms with Gasteiger partial charge in [0.05, 0.1) is 18.6 Å². The summed E-state index contributed by atoms with van der Waals surface area (Å²) in [6, 6.07) is 8.29. The second-order valence-electron chi connectivity index (χ2n) is 4.58. The third-order valence-electron chi connectivity index (χ3n) is 3.07. The van der Waals surface area contributed by atoms with Gasteiger partial charge in [0, 0.05) is 30.7 Å². The maximum Gasteiger partial charge on any atom is 0.0991 e. The number of hydrogen-bond acceptors (Lipinski definition) is 4. The molecule has 0 atom stereocenters. The van der Waals surface area contributed by atoms with E-state index in [1.807, 2.05) is 21.6 Å². The topological polar surface area (TPSA) is 74.5 Å². The van der Waals surface area contributed by atoms with Gasteiger partial charge in [-0.05, 0) is 24.2 Å². The van der Waals surface area contributed by atoms with E-state index in [0.717, 1.165) is 17.8 Å². The van der Waals surface area contributed by atoms with Gasteiger partial charge >= 0.3 is 0 Å². The SMILES string of the molecule is NCCc1cn(Cc2ccc(-n3ccnc3)cc2)nn1. The Morgan fingerprint density at radius 1 is 1.15 bits per heavy atom. The highest BCUT2D eigenvalue weighted by atomic mass is 15.4. The van der Waals surface area contributed by atoms with Crippen molar-refractivity contribution >= 4 is 0 Å². The Hall–Kier alpha value is -2.47. The molecule has 6 nitrogen and oxygen atoms in total. The van der Waals surface area contributed by atoms with Gasteiger partial charge in [0.15, 0.2) is 0 Å². The molecule has 0 fully saturated rings. The predicted octanol–water partition coefficient (Wildman–Crippen LogP) is 1.01. The normalized spacial score (nSPS) is 10.8. The minimum atomic E-state index is 0.596. The standard InChI is InChI=1S/C14H16N6/c15-6-5-13-10-20(18-17-13)9-12-1-3-14(4-2-12)19-8-7-16-11-19/h1-4,7-8,10-11H,5-6,9,15H2. The van der Waals surface area contributed by atoms with E-state index in [0.29, 0.717) is 13.1 Å². The quantitative estimate of drug-likeness (QED) is 0.749. The molecule has 0 spiro atoms. The van der Waals surface area contributed by atoms with E-state index in [4.69, 9.17) is 5.73 Å². The lowest BCUT2D eigenvalue weighted by atomic mass is 10.2. The maximum atomic E-state index is 5.50. The third kappa shape index (κ3) is 2.75. The van der Waals surface area contributed by atoms with E-state index in [1.165, 1.54) is 5.56 Å². The van der Waals surface area contributed by atoms with Gasteiger partial charge < -0.3 is 10.3 Å². The number of hydrogen-bond donors (Lipinski definition) is 1. The van der Waals surface area contributed by atoms with E-state index in [1.54, 1.807) is 12.5 Å². The smallest absolute Gasteiger partial charge is 0.0991 e. The van der Waals surface area contributed by atoms with Crippen molar-refractivity contribution < 1.29 is 0 Å². The molecule has 3 rings (SSSR count). The Balaban J connectivity index is 1.71. The molecule has 0 radical (unpaired) electrons. The number of nitrogens with zero attached hydrogens (tertiary/aromatic N) is 5. The summed E-state index contributed by atoms with van der Waals surface area (Å²) in [5, 5.41) is 8.18. The zero-order valence-corrected chi connectivity index (χ0v) is 11.1. The van der Waals surface area contributed by atoms with Crippen LogP contribution in [0.1, 0.15) is 11.3 Å². The van der Waals surface area contributed by atoms with Gasteiger partial charge in [-0.2, -0.15) is 0 Å². The van der Waals surface area contributed by atoms with E-state index in [-0.39, 0.29) is 0 Å². The van der Waals surface area contributed by atoms with Crippen LogP contribution in [0.25, 0.3) is 5.69 Å². The first-order valence-electron chi connectivity index (χ1n) is 6.51. The summed E-state index contributed by atoms with van der Waals surface area (Å²) >= 11 is 0. The van der Waals surface area contributed by atoms with Crippen LogP contribution in [0.5, 0.6) is 0 Å². The fourth-order valence-corrected chi connectivity index (χ4v) is 2.05. The van der Waals surface area contributed by atoms with Crippen molar-refractivity contribution in [2.24, 2.45) is 5.73 Å². The van der Waals surface area contributed by atoms with Gasteiger partial charge in [0.25, 0.3) is 0 Å². The molecule has 0 aliphatic heterocycles. The zero-order valence-electron chi connectivity index (χ0n) is 11.1. The molecule has 1 aromatic carbocycles. The molecule has 3 aromatic rings. The van der Waals surface area contributed by atoms with Crippen molar-refractivity contribution in [2.75, 3.05) is 6.54 Å². The Morgan fingerprint density at radius 2 is 2.00 bits per heavy atom. The minimum Gasteiger partial charge on any atom is -0.330 e. The minimum absolute atomic E-state index is 0.596. The Labute approximate surface area is 116 Å². The Morgan fingerprint density at radius 3 is 2.70 bits per heavy atom. The monoisotopic (exact) mass is 268 g/mol. The van der Waals surface area contributed by atoms with E-state index in [2.05, 4.69) is 39.6 Å². The number of benzene rings is 1. The fraction of sp³-hybridized carbons (Fsp3) is 0.214. The molecule has 6 heteroatoms. The van der Waals surface area contributed by atoms with Crippen LogP contribution in [0.4, 0.5) is 0 Å². The first-order valence-corrected chi connectivity index (χ1v) is 6.51. The second-order valence-corrected chi connectivity index (χ2v) is 4.58. The molecule has 0 aliphatic rings. The van der Waals surface area contributed by atoms with Crippen LogP contribution in [0.2, 0.25) is 0 Å². The van der Waals surface area contributed by atoms with Crippen LogP contribution in [0.3, 0.4) is 0 Å². The van der Waals surface area contributed by atoms with Crippen LogP contribution >= 0.6 is 0 Å². The van der Waals surface area contributed by atoms with Crippen LogP contribution in [-0.2, 0) is 13.0 Å². The predicted molar refractivity (Wildman–Crippen MR) is 75.4 cm³/mol. The molecule has 20 heavy (non-hydrogen) atoms. The van der Waals surface area contributed by atoms with Gasteiger partial charge in [0.1, 0.15) is 0 Å². The molecular weight excluding hydrogens is 252 g/mol. The van der Waals surface area contributed by atoms with Crippen LogP contribution in [0.15, 0.2) is 49.2 Å². The van der Waals surface area contributed by atoms with Crippen LogP contribution < -0.4 is 5.73 Å². The highest BCUT2D eigenvalue weighted by molar-refractivity contribution is 5.34. The average Bonchev–Trinajstić information content (AvgIpc) is 3.12. The molecule has 0 amide bonds. The lowest BCUT2D eigenvalue weighted by Crippen LogP contribution is -2.03. The third-order valence-corrected chi connectivity index (χ3v) is 3.07. The summed E-state index contributed by atoms with van der Waals surface area (Å²) in [7, 11) is 0. The Kier molecular flexibility index (Phi) is 3.56. The highest BCUT2D eigenvalue weighted by Gasteiger charge is 2.01. The molecule has 0 aliphatic carbocycles. The van der Waals surface area contributed by atoms with Gasteiger partial charge in [-0.25, -0.2) is 9.67 Å².